The third kappa shape index (κ3) is 3.88. The van der Waals surface area contributed by atoms with Crippen molar-refractivity contribution in [2.24, 2.45) is 11.5 Å². The Morgan fingerprint density at radius 3 is 1.54 bits per heavy atom. The quantitative estimate of drug-likeness (QED) is 0.432. The van der Waals surface area contributed by atoms with Crippen molar-refractivity contribution in [3.8, 4) is 0 Å². The van der Waals surface area contributed by atoms with Gasteiger partial charge in [0.1, 0.15) is 11.0 Å². The second-order valence-electron chi connectivity index (χ2n) is 7.10. The highest BCUT2D eigenvalue weighted by molar-refractivity contribution is 5.75. The van der Waals surface area contributed by atoms with E-state index < -0.39 is 0 Å². The third-order valence-corrected chi connectivity index (χ3v) is 5.18. The maximum Gasteiger partial charge on any atom is 0.113 e. The molecule has 4 N–H and O–H groups in total. The molecule has 0 spiro atoms. The van der Waals surface area contributed by atoms with Gasteiger partial charge in [-0.3, -0.25) is 0 Å². The van der Waals surface area contributed by atoms with Gasteiger partial charge >= 0.3 is 0 Å². The monoisotopic (exact) mass is 378 g/mol. The van der Waals surface area contributed by atoms with E-state index in [9.17, 15) is 0 Å². The first-order chi connectivity index (χ1) is 13.8. The van der Waals surface area contributed by atoms with Gasteiger partial charge in [0.2, 0.25) is 0 Å². The molecule has 8 heteroatoms. The number of hydrogen-bond acceptors (Lipinski definition) is 6. The number of hydrogen-bond donors (Lipinski definition) is 2. The molecule has 0 amide bonds. The van der Waals surface area contributed by atoms with Crippen LogP contribution in [0, 0.1) is 0 Å². The van der Waals surface area contributed by atoms with Gasteiger partial charge in [0.15, 0.2) is 0 Å². The van der Waals surface area contributed by atoms with Crippen molar-refractivity contribution in [3.63, 3.8) is 0 Å². The van der Waals surface area contributed by atoms with E-state index in [1.165, 1.54) is 36.8 Å². The molecule has 0 saturated heterocycles. The lowest BCUT2D eigenvalue weighted by Crippen LogP contribution is -2.08. The predicted molar refractivity (Wildman–Crippen MR) is 109 cm³/mol. The van der Waals surface area contributed by atoms with Gasteiger partial charge in [0.25, 0.3) is 0 Å². The normalized spacial score (nSPS) is 11.6. The maximum atomic E-state index is 5.65. The average Bonchev–Trinajstić information content (AvgIpc) is 3.33. The summed E-state index contributed by atoms with van der Waals surface area (Å²) in [4.78, 5) is 0. The third-order valence-electron chi connectivity index (χ3n) is 5.18. The second kappa shape index (κ2) is 8.45. The minimum Gasteiger partial charge on any atom is -0.312 e. The molecule has 0 aliphatic heterocycles. The van der Waals surface area contributed by atoms with Crippen LogP contribution in [0.2, 0.25) is 0 Å². The molecular weight excluding hydrogens is 352 g/mol. The summed E-state index contributed by atoms with van der Waals surface area (Å²) in [6.45, 7) is 0.711. The van der Waals surface area contributed by atoms with Gasteiger partial charge in [-0.15, -0.1) is 10.2 Å². The van der Waals surface area contributed by atoms with Crippen LogP contribution < -0.4 is 11.5 Å². The Kier molecular flexibility index (Phi) is 5.59. The molecule has 0 fully saturated rings. The molecule has 0 aliphatic carbocycles. The Morgan fingerprint density at radius 2 is 1.11 bits per heavy atom. The van der Waals surface area contributed by atoms with Crippen LogP contribution in [0.15, 0.2) is 36.4 Å². The van der Waals surface area contributed by atoms with Gasteiger partial charge in [-0.05, 0) is 61.1 Å². The van der Waals surface area contributed by atoms with E-state index in [1.54, 1.807) is 9.36 Å². The predicted octanol–water partition coefficient (Wildman–Crippen LogP) is 2.35. The standard InChI is InChI=1S/C20H26N8/c21-13-27-19-9-7-15(11-17(19)23-25-27)5-3-1-2-4-6-16-8-10-20-18(12-16)24-26-28(20)14-22/h7-12H,1-6,13-14,21-22H2. The summed E-state index contributed by atoms with van der Waals surface area (Å²) in [7, 11) is 0. The van der Waals surface area contributed by atoms with E-state index in [4.69, 9.17) is 11.5 Å². The Hall–Kier alpha value is -2.84. The fourth-order valence-corrected chi connectivity index (χ4v) is 3.63. The molecular formula is C20H26N8. The van der Waals surface area contributed by atoms with Crippen LogP contribution in [0.4, 0.5) is 0 Å². The number of aryl methyl sites for hydroxylation is 2. The molecule has 28 heavy (non-hydrogen) atoms. The highest BCUT2D eigenvalue weighted by atomic mass is 15.4. The van der Waals surface area contributed by atoms with E-state index in [-0.39, 0.29) is 0 Å². The van der Waals surface area contributed by atoms with Crippen molar-refractivity contribution in [1.29, 1.82) is 0 Å². The zero-order chi connectivity index (χ0) is 19.3. The van der Waals surface area contributed by atoms with Crippen LogP contribution in [0.1, 0.15) is 36.8 Å². The lowest BCUT2D eigenvalue weighted by molar-refractivity contribution is 0.627. The fourth-order valence-electron chi connectivity index (χ4n) is 3.63. The molecule has 8 nitrogen and oxygen atoms in total. The van der Waals surface area contributed by atoms with E-state index in [1.807, 2.05) is 0 Å². The van der Waals surface area contributed by atoms with E-state index >= 15 is 0 Å². The second-order valence-corrected chi connectivity index (χ2v) is 7.10. The van der Waals surface area contributed by atoms with Gasteiger partial charge in [0, 0.05) is 0 Å². The summed E-state index contributed by atoms with van der Waals surface area (Å²) in [6, 6.07) is 12.7. The first-order valence-electron chi connectivity index (χ1n) is 9.83. The number of nitrogens with two attached hydrogens (primary N) is 2. The van der Waals surface area contributed by atoms with Crippen molar-refractivity contribution < 1.29 is 0 Å². The SMILES string of the molecule is NCn1nnc2cc(CCCCCCc3ccc4c(c3)nnn4CN)ccc21. The summed E-state index contributed by atoms with van der Waals surface area (Å²) in [5.74, 6) is 0. The summed E-state index contributed by atoms with van der Waals surface area (Å²) >= 11 is 0. The largest absolute Gasteiger partial charge is 0.312 e. The summed E-state index contributed by atoms with van der Waals surface area (Å²) < 4.78 is 3.43. The van der Waals surface area contributed by atoms with Crippen LogP contribution in [0.5, 0.6) is 0 Å². The minimum absolute atomic E-state index is 0.355. The van der Waals surface area contributed by atoms with Crippen LogP contribution in [0.3, 0.4) is 0 Å². The molecule has 2 aromatic heterocycles. The topological polar surface area (TPSA) is 113 Å². The van der Waals surface area contributed by atoms with Gasteiger partial charge < -0.3 is 11.5 Å². The Labute approximate surface area is 163 Å². The summed E-state index contributed by atoms with van der Waals surface area (Å²) in [5.41, 5.74) is 17.8. The number of rotatable bonds is 9. The van der Waals surface area contributed by atoms with Crippen LogP contribution in [-0.4, -0.2) is 30.0 Å². The molecule has 146 valence electrons. The minimum atomic E-state index is 0.355. The van der Waals surface area contributed by atoms with Crippen LogP contribution in [0.25, 0.3) is 22.1 Å². The van der Waals surface area contributed by atoms with Crippen LogP contribution >= 0.6 is 0 Å². The molecule has 2 aromatic carbocycles. The molecule has 0 aliphatic rings. The first-order valence-corrected chi connectivity index (χ1v) is 9.83. The molecule has 0 atom stereocenters. The molecule has 0 radical (unpaired) electrons. The lowest BCUT2D eigenvalue weighted by Gasteiger charge is -2.04. The van der Waals surface area contributed by atoms with Gasteiger partial charge in [-0.25, -0.2) is 9.36 Å². The summed E-state index contributed by atoms with van der Waals surface area (Å²) in [6.07, 6.45) is 6.94. The lowest BCUT2D eigenvalue weighted by atomic mass is 10.0. The van der Waals surface area contributed by atoms with Crippen molar-refractivity contribution in [1.82, 2.24) is 30.0 Å². The number of fused-ring (bicyclic) bond motifs is 2. The molecule has 0 unspecified atom stereocenters. The van der Waals surface area contributed by atoms with Crippen molar-refractivity contribution >= 4 is 22.1 Å². The first kappa shape index (κ1) is 18.5. The Bertz CT molecular complexity index is 979. The van der Waals surface area contributed by atoms with Crippen LogP contribution in [-0.2, 0) is 26.2 Å². The van der Waals surface area contributed by atoms with E-state index in [0.29, 0.717) is 13.3 Å². The molecule has 4 rings (SSSR count). The molecule has 4 aromatic rings. The fraction of sp³-hybridized carbons (Fsp3) is 0.400. The molecule has 0 bridgehead atoms. The number of nitrogens with zero attached hydrogens (tertiary/aromatic N) is 6. The Morgan fingerprint density at radius 1 is 0.643 bits per heavy atom. The van der Waals surface area contributed by atoms with Gasteiger partial charge in [-0.1, -0.05) is 35.4 Å². The zero-order valence-electron chi connectivity index (χ0n) is 16.0. The van der Waals surface area contributed by atoms with E-state index in [0.717, 1.165) is 34.9 Å². The smallest absolute Gasteiger partial charge is 0.113 e. The van der Waals surface area contributed by atoms with Crippen molar-refractivity contribution in [2.45, 2.75) is 51.9 Å². The molecule has 0 saturated carbocycles. The number of benzene rings is 2. The van der Waals surface area contributed by atoms with E-state index in [2.05, 4.69) is 57.0 Å². The number of aromatic nitrogens is 6. The summed E-state index contributed by atoms with van der Waals surface area (Å²) in [5, 5.41) is 16.5. The Balaban J connectivity index is 1.22. The van der Waals surface area contributed by atoms with Crippen molar-refractivity contribution in [2.75, 3.05) is 0 Å². The highest BCUT2D eigenvalue weighted by Gasteiger charge is 2.05. The average molecular weight is 378 g/mol. The zero-order valence-corrected chi connectivity index (χ0v) is 16.0. The highest BCUT2D eigenvalue weighted by Crippen LogP contribution is 2.17. The maximum absolute atomic E-state index is 5.65. The van der Waals surface area contributed by atoms with Crippen molar-refractivity contribution in [3.05, 3.63) is 47.5 Å². The molecule has 2 heterocycles. The van der Waals surface area contributed by atoms with Gasteiger partial charge in [-0.2, -0.15) is 0 Å². The number of unbranched alkanes of at least 4 members (excludes halogenated alkanes) is 3. The van der Waals surface area contributed by atoms with Gasteiger partial charge in [0.05, 0.1) is 24.4 Å².